The maximum atomic E-state index is 12.1. The second-order valence-corrected chi connectivity index (χ2v) is 3.88. The van der Waals surface area contributed by atoms with Crippen molar-refractivity contribution in [1.29, 1.82) is 0 Å². The van der Waals surface area contributed by atoms with Crippen LogP contribution < -0.4 is 0 Å². The molecule has 0 aliphatic rings. The molecule has 0 atom stereocenters. The number of rotatable bonds is 6. The van der Waals surface area contributed by atoms with E-state index >= 15 is 0 Å². The first-order valence-electron chi connectivity index (χ1n) is 5.94. The quantitative estimate of drug-likeness (QED) is 0.827. The van der Waals surface area contributed by atoms with Crippen molar-refractivity contribution in [2.24, 2.45) is 0 Å². The Balaban J connectivity index is 2.84. The van der Waals surface area contributed by atoms with Crippen molar-refractivity contribution in [3.05, 3.63) is 23.8 Å². The lowest BCUT2D eigenvalue weighted by atomic mass is 10.3. The van der Waals surface area contributed by atoms with Crippen LogP contribution in [0.2, 0.25) is 0 Å². The van der Waals surface area contributed by atoms with E-state index in [0.29, 0.717) is 13.1 Å². The number of carbonyl (C=O) groups is 2. The highest BCUT2D eigenvalue weighted by Crippen LogP contribution is 2.04. The molecule has 0 saturated heterocycles. The molecule has 1 heterocycles. The van der Waals surface area contributed by atoms with E-state index < -0.39 is 5.97 Å². The lowest BCUT2D eigenvalue weighted by Gasteiger charge is -2.20. The first-order valence-corrected chi connectivity index (χ1v) is 5.94. The van der Waals surface area contributed by atoms with Crippen LogP contribution >= 0.6 is 0 Å². The van der Waals surface area contributed by atoms with Gasteiger partial charge >= 0.3 is 5.97 Å². The highest BCUT2D eigenvalue weighted by molar-refractivity contribution is 5.92. The van der Waals surface area contributed by atoms with Gasteiger partial charge in [0.1, 0.15) is 5.69 Å². The maximum Gasteiger partial charge on any atom is 0.356 e. The van der Waals surface area contributed by atoms with Crippen LogP contribution in [0.3, 0.4) is 0 Å². The molecule has 0 aliphatic heterocycles. The van der Waals surface area contributed by atoms with E-state index in [1.54, 1.807) is 4.90 Å². The van der Waals surface area contributed by atoms with Crippen LogP contribution in [0.5, 0.6) is 0 Å². The highest BCUT2D eigenvalue weighted by atomic mass is 16.4. The Morgan fingerprint density at radius 2 is 1.61 bits per heavy atom. The minimum Gasteiger partial charge on any atom is -0.476 e. The third kappa shape index (κ3) is 3.51. The van der Waals surface area contributed by atoms with Crippen LogP contribution in [0.15, 0.2) is 12.4 Å². The molecule has 1 amide bonds. The second-order valence-electron chi connectivity index (χ2n) is 3.88. The normalized spacial score (nSPS) is 10.1. The predicted molar refractivity (Wildman–Crippen MR) is 65.5 cm³/mol. The van der Waals surface area contributed by atoms with Gasteiger partial charge in [0.05, 0.1) is 12.4 Å². The first kappa shape index (κ1) is 14.1. The van der Waals surface area contributed by atoms with Crippen molar-refractivity contribution < 1.29 is 14.7 Å². The topological polar surface area (TPSA) is 83.4 Å². The number of aromatic nitrogens is 2. The van der Waals surface area contributed by atoms with Gasteiger partial charge in [0.2, 0.25) is 0 Å². The summed E-state index contributed by atoms with van der Waals surface area (Å²) < 4.78 is 0. The molecular formula is C12H17N3O3. The van der Waals surface area contributed by atoms with E-state index in [4.69, 9.17) is 5.11 Å². The Hall–Kier alpha value is -1.98. The number of hydrogen-bond acceptors (Lipinski definition) is 4. The molecule has 0 radical (unpaired) electrons. The number of amides is 1. The summed E-state index contributed by atoms with van der Waals surface area (Å²) in [5.41, 5.74) is 0.0194. The number of carboxylic acids is 1. The predicted octanol–water partition coefficient (Wildman–Crippen LogP) is 1.44. The molecule has 0 aromatic carbocycles. The fourth-order valence-corrected chi connectivity index (χ4v) is 1.57. The molecule has 0 fully saturated rings. The number of carbonyl (C=O) groups excluding carboxylic acids is 1. The molecule has 1 aromatic rings. The summed E-state index contributed by atoms with van der Waals surface area (Å²) in [4.78, 5) is 31.9. The number of aromatic carboxylic acids is 1. The number of nitrogens with zero attached hydrogens (tertiary/aromatic N) is 3. The van der Waals surface area contributed by atoms with Crippen molar-refractivity contribution in [2.45, 2.75) is 26.7 Å². The Labute approximate surface area is 106 Å². The van der Waals surface area contributed by atoms with Gasteiger partial charge in [0, 0.05) is 13.1 Å². The summed E-state index contributed by atoms with van der Waals surface area (Å²) >= 11 is 0. The summed E-state index contributed by atoms with van der Waals surface area (Å²) in [5, 5.41) is 8.69. The van der Waals surface area contributed by atoms with Crippen LogP contribution in [0.4, 0.5) is 0 Å². The highest BCUT2D eigenvalue weighted by Gasteiger charge is 2.16. The zero-order valence-corrected chi connectivity index (χ0v) is 10.6. The van der Waals surface area contributed by atoms with Gasteiger partial charge in [0.25, 0.3) is 5.91 Å². The van der Waals surface area contributed by atoms with Gasteiger partial charge < -0.3 is 10.0 Å². The monoisotopic (exact) mass is 251 g/mol. The van der Waals surface area contributed by atoms with Crippen LogP contribution in [-0.2, 0) is 0 Å². The molecule has 0 saturated carbocycles. The molecule has 1 N–H and O–H groups in total. The summed E-state index contributed by atoms with van der Waals surface area (Å²) in [6, 6.07) is 0. The number of carboxylic acid groups (broad SMARTS) is 1. The second kappa shape index (κ2) is 6.68. The third-order valence-electron chi connectivity index (χ3n) is 2.36. The molecule has 0 unspecified atom stereocenters. The Morgan fingerprint density at radius 1 is 1.11 bits per heavy atom. The zero-order valence-electron chi connectivity index (χ0n) is 10.6. The van der Waals surface area contributed by atoms with E-state index in [0.717, 1.165) is 19.0 Å². The van der Waals surface area contributed by atoms with Crippen LogP contribution in [0.1, 0.15) is 47.7 Å². The van der Waals surface area contributed by atoms with E-state index in [9.17, 15) is 9.59 Å². The van der Waals surface area contributed by atoms with Gasteiger partial charge in [-0.15, -0.1) is 0 Å². The summed E-state index contributed by atoms with van der Waals surface area (Å²) in [6.07, 6.45) is 4.05. The standard InChI is InChI=1S/C12H17N3O3/c1-3-5-15(6-4-2)11(16)9-7-14-10(8-13-9)12(17)18/h7-8H,3-6H2,1-2H3,(H,17,18). The average molecular weight is 251 g/mol. The maximum absolute atomic E-state index is 12.1. The fraction of sp³-hybridized carbons (Fsp3) is 0.500. The van der Waals surface area contributed by atoms with E-state index in [2.05, 4.69) is 9.97 Å². The van der Waals surface area contributed by atoms with Gasteiger partial charge in [-0.05, 0) is 12.8 Å². The van der Waals surface area contributed by atoms with Gasteiger partial charge in [-0.2, -0.15) is 0 Å². The minimum absolute atomic E-state index is 0.163. The van der Waals surface area contributed by atoms with Crippen molar-refractivity contribution in [2.75, 3.05) is 13.1 Å². The molecule has 1 rings (SSSR count). The first-order chi connectivity index (χ1) is 8.60. The minimum atomic E-state index is -1.15. The average Bonchev–Trinajstić information content (AvgIpc) is 2.38. The van der Waals surface area contributed by atoms with Gasteiger partial charge in [-0.3, -0.25) is 4.79 Å². The third-order valence-corrected chi connectivity index (χ3v) is 2.36. The molecule has 6 nitrogen and oxygen atoms in total. The molecular weight excluding hydrogens is 234 g/mol. The SMILES string of the molecule is CCCN(CCC)C(=O)c1cnc(C(=O)O)cn1. The van der Waals surface area contributed by atoms with Gasteiger partial charge in [-0.1, -0.05) is 13.8 Å². The number of hydrogen-bond donors (Lipinski definition) is 1. The Kier molecular flexibility index (Phi) is 5.23. The molecule has 1 aromatic heterocycles. The zero-order chi connectivity index (χ0) is 13.5. The Bertz CT molecular complexity index is 411. The lowest BCUT2D eigenvalue weighted by Crippen LogP contribution is -2.33. The molecule has 0 bridgehead atoms. The fourth-order valence-electron chi connectivity index (χ4n) is 1.57. The van der Waals surface area contributed by atoms with Gasteiger partial charge in [0.15, 0.2) is 5.69 Å². The van der Waals surface area contributed by atoms with Crippen LogP contribution in [-0.4, -0.2) is 44.9 Å². The molecule has 98 valence electrons. The Morgan fingerprint density at radius 3 is 2.00 bits per heavy atom. The largest absolute Gasteiger partial charge is 0.476 e. The molecule has 0 aliphatic carbocycles. The van der Waals surface area contributed by atoms with E-state index in [1.807, 2.05) is 13.8 Å². The van der Waals surface area contributed by atoms with Crippen molar-refractivity contribution in [1.82, 2.24) is 14.9 Å². The summed E-state index contributed by atoms with van der Waals surface area (Å²) in [7, 11) is 0. The van der Waals surface area contributed by atoms with Crippen molar-refractivity contribution >= 4 is 11.9 Å². The van der Waals surface area contributed by atoms with Gasteiger partial charge in [-0.25, -0.2) is 14.8 Å². The summed E-state index contributed by atoms with van der Waals surface area (Å²) in [6.45, 7) is 5.31. The molecule has 6 heteroatoms. The lowest BCUT2D eigenvalue weighted by molar-refractivity contribution is 0.0685. The summed E-state index contributed by atoms with van der Waals surface area (Å²) in [5.74, 6) is -1.36. The van der Waals surface area contributed by atoms with Crippen molar-refractivity contribution in [3.63, 3.8) is 0 Å². The van der Waals surface area contributed by atoms with Crippen LogP contribution in [0, 0.1) is 0 Å². The van der Waals surface area contributed by atoms with E-state index in [1.165, 1.54) is 6.20 Å². The van der Waals surface area contributed by atoms with E-state index in [-0.39, 0.29) is 17.3 Å². The molecule has 18 heavy (non-hydrogen) atoms. The molecule has 0 spiro atoms. The van der Waals surface area contributed by atoms with Crippen molar-refractivity contribution in [3.8, 4) is 0 Å². The van der Waals surface area contributed by atoms with Crippen LogP contribution in [0.25, 0.3) is 0 Å². The smallest absolute Gasteiger partial charge is 0.356 e.